The molecule has 1 aromatic rings. The van der Waals surface area contributed by atoms with Gasteiger partial charge in [-0.3, -0.25) is 9.69 Å². The van der Waals surface area contributed by atoms with Crippen molar-refractivity contribution in [2.45, 2.75) is 57.0 Å². The molecule has 5 heteroatoms. The van der Waals surface area contributed by atoms with E-state index in [1.165, 1.54) is 32.1 Å². The van der Waals surface area contributed by atoms with Gasteiger partial charge in [0.1, 0.15) is 0 Å². The Kier molecular flexibility index (Phi) is 7.06. The molecule has 26 heavy (non-hydrogen) atoms. The molecule has 1 amide bonds. The van der Waals surface area contributed by atoms with Gasteiger partial charge >= 0.3 is 0 Å². The summed E-state index contributed by atoms with van der Waals surface area (Å²) in [6, 6.07) is 9.84. The molecule has 1 saturated carbocycles. The summed E-state index contributed by atoms with van der Waals surface area (Å²) in [5, 5.41) is 6.64. The molecule has 2 aliphatic rings. The third kappa shape index (κ3) is 5.29. The number of anilines is 1. The van der Waals surface area contributed by atoms with Crippen LogP contribution in [0.2, 0.25) is 0 Å². The van der Waals surface area contributed by atoms with E-state index in [0.29, 0.717) is 6.42 Å². The van der Waals surface area contributed by atoms with Crippen molar-refractivity contribution >= 4 is 11.6 Å². The second kappa shape index (κ2) is 9.49. The first-order chi connectivity index (χ1) is 12.7. The van der Waals surface area contributed by atoms with E-state index in [1.807, 2.05) is 30.3 Å². The first kappa shape index (κ1) is 19.3. The van der Waals surface area contributed by atoms with Gasteiger partial charge in [-0.2, -0.15) is 0 Å². The molecule has 1 aromatic carbocycles. The molecule has 1 aliphatic heterocycles. The Hall–Kier alpha value is -1.43. The summed E-state index contributed by atoms with van der Waals surface area (Å²) < 4.78 is 5.56. The SMILES string of the molecule is CC(CC(=O)Nc1ccccc1)NCC1(N2CCOCC2)CCCCC1. The van der Waals surface area contributed by atoms with Gasteiger partial charge in [0.25, 0.3) is 0 Å². The van der Waals surface area contributed by atoms with Crippen LogP contribution in [0.3, 0.4) is 0 Å². The minimum Gasteiger partial charge on any atom is -0.379 e. The van der Waals surface area contributed by atoms with Crippen LogP contribution in [0.5, 0.6) is 0 Å². The lowest BCUT2D eigenvalue weighted by Gasteiger charge is -2.48. The monoisotopic (exact) mass is 359 g/mol. The molecule has 1 atom stereocenters. The second-order valence-corrected chi connectivity index (χ2v) is 7.78. The maximum Gasteiger partial charge on any atom is 0.225 e. The number of para-hydroxylation sites is 1. The van der Waals surface area contributed by atoms with Gasteiger partial charge in [-0.25, -0.2) is 0 Å². The van der Waals surface area contributed by atoms with Crippen molar-refractivity contribution in [3.63, 3.8) is 0 Å². The summed E-state index contributed by atoms with van der Waals surface area (Å²) in [6.07, 6.45) is 6.96. The summed E-state index contributed by atoms with van der Waals surface area (Å²) in [4.78, 5) is 14.9. The molecule has 0 radical (unpaired) electrons. The average molecular weight is 360 g/mol. The first-order valence-electron chi connectivity index (χ1n) is 10.1. The van der Waals surface area contributed by atoms with E-state index in [-0.39, 0.29) is 17.5 Å². The summed E-state index contributed by atoms with van der Waals surface area (Å²) in [7, 11) is 0. The Morgan fingerprint density at radius 2 is 1.85 bits per heavy atom. The van der Waals surface area contributed by atoms with E-state index in [0.717, 1.165) is 38.5 Å². The van der Waals surface area contributed by atoms with Crippen LogP contribution in [0.4, 0.5) is 5.69 Å². The van der Waals surface area contributed by atoms with Crippen LogP contribution in [0.25, 0.3) is 0 Å². The Labute approximate surface area is 157 Å². The highest BCUT2D eigenvalue weighted by Crippen LogP contribution is 2.34. The highest BCUT2D eigenvalue weighted by molar-refractivity contribution is 5.90. The Morgan fingerprint density at radius 3 is 2.54 bits per heavy atom. The van der Waals surface area contributed by atoms with Gasteiger partial charge in [0.15, 0.2) is 0 Å². The second-order valence-electron chi connectivity index (χ2n) is 7.78. The number of carbonyl (C=O) groups excluding carboxylic acids is 1. The normalized spacial score (nSPS) is 21.9. The predicted octanol–water partition coefficient (Wildman–Crippen LogP) is 3.03. The number of benzene rings is 1. The van der Waals surface area contributed by atoms with E-state index in [1.54, 1.807) is 0 Å². The summed E-state index contributed by atoms with van der Waals surface area (Å²) >= 11 is 0. The third-order valence-corrected chi connectivity index (χ3v) is 5.79. The standard InChI is InChI=1S/C21H33N3O2/c1-18(16-20(25)23-19-8-4-2-5-9-19)22-17-21(10-6-3-7-11-21)24-12-14-26-15-13-24/h2,4-5,8-9,18,22H,3,6-7,10-17H2,1H3,(H,23,25). The number of nitrogens with zero attached hydrogens (tertiary/aromatic N) is 1. The number of morpholine rings is 1. The molecule has 5 nitrogen and oxygen atoms in total. The van der Waals surface area contributed by atoms with Crippen molar-refractivity contribution in [1.29, 1.82) is 0 Å². The minimum absolute atomic E-state index is 0.0697. The molecule has 1 aliphatic carbocycles. The van der Waals surface area contributed by atoms with Gasteiger partial charge in [-0.05, 0) is 31.9 Å². The van der Waals surface area contributed by atoms with Crippen LogP contribution in [0.1, 0.15) is 45.4 Å². The lowest BCUT2D eigenvalue weighted by atomic mass is 9.79. The van der Waals surface area contributed by atoms with Gasteiger partial charge in [-0.1, -0.05) is 37.5 Å². The van der Waals surface area contributed by atoms with E-state index in [2.05, 4.69) is 22.5 Å². The molecule has 2 N–H and O–H groups in total. The number of carbonyl (C=O) groups is 1. The van der Waals surface area contributed by atoms with Crippen molar-refractivity contribution in [2.75, 3.05) is 38.2 Å². The first-order valence-corrected chi connectivity index (χ1v) is 10.1. The predicted molar refractivity (Wildman–Crippen MR) is 105 cm³/mol. The molecule has 0 bridgehead atoms. The largest absolute Gasteiger partial charge is 0.379 e. The van der Waals surface area contributed by atoms with Gasteiger partial charge in [0.2, 0.25) is 5.91 Å². The lowest BCUT2D eigenvalue weighted by molar-refractivity contribution is -0.116. The van der Waals surface area contributed by atoms with Crippen LogP contribution < -0.4 is 10.6 Å². The van der Waals surface area contributed by atoms with Gasteiger partial charge in [0, 0.05) is 43.3 Å². The maximum atomic E-state index is 12.3. The molecule has 2 fully saturated rings. The Balaban J connectivity index is 1.50. The van der Waals surface area contributed by atoms with Gasteiger partial charge in [0.05, 0.1) is 13.2 Å². The number of amides is 1. The van der Waals surface area contributed by atoms with Crippen molar-refractivity contribution in [1.82, 2.24) is 10.2 Å². The zero-order valence-corrected chi connectivity index (χ0v) is 16.0. The number of ether oxygens (including phenoxy) is 1. The number of rotatable bonds is 7. The van der Waals surface area contributed by atoms with E-state index in [4.69, 9.17) is 4.74 Å². The van der Waals surface area contributed by atoms with E-state index < -0.39 is 0 Å². The smallest absolute Gasteiger partial charge is 0.225 e. The topological polar surface area (TPSA) is 53.6 Å². The van der Waals surface area contributed by atoms with Crippen molar-refractivity contribution in [3.05, 3.63) is 30.3 Å². The van der Waals surface area contributed by atoms with Gasteiger partial charge in [-0.15, -0.1) is 0 Å². The Morgan fingerprint density at radius 1 is 1.15 bits per heavy atom. The van der Waals surface area contributed by atoms with Crippen LogP contribution in [-0.2, 0) is 9.53 Å². The number of hydrogen-bond donors (Lipinski definition) is 2. The van der Waals surface area contributed by atoms with Crippen LogP contribution in [0.15, 0.2) is 30.3 Å². The molecule has 3 rings (SSSR count). The molecule has 0 aromatic heterocycles. The molecular formula is C21H33N3O2. The van der Waals surface area contributed by atoms with Crippen molar-refractivity contribution in [2.24, 2.45) is 0 Å². The highest BCUT2D eigenvalue weighted by atomic mass is 16.5. The van der Waals surface area contributed by atoms with Crippen LogP contribution in [0, 0.1) is 0 Å². The van der Waals surface area contributed by atoms with E-state index in [9.17, 15) is 4.79 Å². The molecule has 1 saturated heterocycles. The highest BCUT2D eigenvalue weighted by Gasteiger charge is 2.38. The third-order valence-electron chi connectivity index (χ3n) is 5.79. The number of hydrogen-bond acceptors (Lipinski definition) is 4. The van der Waals surface area contributed by atoms with Crippen molar-refractivity contribution < 1.29 is 9.53 Å². The fourth-order valence-electron chi connectivity index (χ4n) is 4.30. The summed E-state index contributed by atoms with van der Waals surface area (Å²) in [5.41, 5.74) is 1.11. The maximum absolute atomic E-state index is 12.3. The van der Waals surface area contributed by atoms with E-state index >= 15 is 0 Å². The molecular weight excluding hydrogens is 326 g/mol. The summed E-state index contributed by atoms with van der Waals surface area (Å²) in [6.45, 7) is 6.83. The molecule has 0 spiro atoms. The molecule has 1 unspecified atom stereocenters. The fourth-order valence-corrected chi connectivity index (χ4v) is 4.30. The van der Waals surface area contributed by atoms with Gasteiger partial charge < -0.3 is 15.4 Å². The van der Waals surface area contributed by atoms with Crippen LogP contribution >= 0.6 is 0 Å². The number of nitrogens with one attached hydrogen (secondary N) is 2. The lowest BCUT2D eigenvalue weighted by Crippen LogP contribution is -2.60. The zero-order valence-electron chi connectivity index (χ0n) is 16.0. The fraction of sp³-hybridized carbons (Fsp3) is 0.667. The average Bonchev–Trinajstić information content (AvgIpc) is 2.68. The minimum atomic E-state index is 0.0697. The summed E-state index contributed by atoms with van der Waals surface area (Å²) in [5.74, 6) is 0.0697. The Bertz CT molecular complexity index is 552. The molecule has 1 heterocycles. The molecule has 144 valence electrons. The zero-order chi connectivity index (χ0) is 18.2. The van der Waals surface area contributed by atoms with Crippen LogP contribution in [-0.4, -0.2) is 55.2 Å². The van der Waals surface area contributed by atoms with Crippen molar-refractivity contribution in [3.8, 4) is 0 Å². The quantitative estimate of drug-likeness (QED) is 0.786.